The first-order valence-corrected chi connectivity index (χ1v) is 8.82. The van der Waals surface area contributed by atoms with Gasteiger partial charge in [0.05, 0.1) is 23.0 Å². The van der Waals surface area contributed by atoms with Gasteiger partial charge in [-0.2, -0.15) is 15.5 Å². The number of nitriles is 1. The first-order chi connectivity index (χ1) is 11.8. The zero-order chi connectivity index (χ0) is 17.0. The minimum absolute atomic E-state index is 0.632. The molecule has 0 fully saturated rings. The van der Waals surface area contributed by atoms with Crippen LogP contribution in [0.5, 0.6) is 0 Å². The molecule has 0 N–H and O–H groups in total. The second kappa shape index (κ2) is 10.3. The summed E-state index contributed by atoms with van der Waals surface area (Å²) in [4.78, 5) is 0. The van der Waals surface area contributed by atoms with Gasteiger partial charge in [-0.1, -0.05) is 51.2 Å². The van der Waals surface area contributed by atoms with Gasteiger partial charge in [-0.15, -0.1) is 0 Å². The number of azo groups is 1. The Bertz CT molecular complexity index is 664. The standard InChI is InChI=1S/C21H25N3/c1-2-3-4-5-6-7-8-18-9-13-20(14-10-18)23-24-21-15-11-19(17-22)12-16-21/h9-16H,2-8H2,1H3. The Labute approximate surface area is 145 Å². The molecule has 0 saturated carbocycles. The molecule has 24 heavy (non-hydrogen) atoms. The molecule has 124 valence electrons. The summed E-state index contributed by atoms with van der Waals surface area (Å²) in [6, 6.07) is 17.5. The molecule has 0 amide bonds. The highest BCUT2D eigenvalue weighted by Gasteiger charge is 1.96. The van der Waals surface area contributed by atoms with Gasteiger partial charge < -0.3 is 0 Å². The highest BCUT2D eigenvalue weighted by Crippen LogP contribution is 2.20. The van der Waals surface area contributed by atoms with Crippen LogP contribution in [0.3, 0.4) is 0 Å². The second-order valence-corrected chi connectivity index (χ2v) is 6.04. The van der Waals surface area contributed by atoms with E-state index in [9.17, 15) is 0 Å². The highest BCUT2D eigenvalue weighted by molar-refractivity contribution is 5.44. The Morgan fingerprint density at radius 3 is 1.88 bits per heavy atom. The number of benzene rings is 2. The van der Waals surface area contributed by atoms with Crippen molar-refractivity contribution in [1.29, 1.82) is 5.26 Å². The third kappa shape index (κ3) is 6.34. The van der Waals surface area contributed by atoms with E-state index in [2.05, 4.69) is 35.4 Å². The number of nitrogens with zero attached hydrogens (tertiary/aromatic N) is 3. The maximum atomic E-state index is 8.77. The van der Waals surface area contributed by atoms with Crippen molar-refractivity contribution in [2.24, 2.45) is 10.2 Å². The van der Waals surface area contributed by atoms with Gasteiger partial charge in [0.15, 0.2) is 0 Å². The van der Waals surface area contributed by atoms with Gasteiger partial charge in [0.1, 0.15) is 0 Å². The van der Waals surface area contributed by atoms with Crippen molar-refractivity contribution in [2.75, 3.05) is 0 Å². The van der Waals surface area contributed by atoms with Crippen molar-refractivity contribution < 1.29 is 0 Å². The molecule has 3 heteroatoms. The van der Waals surface area contributed by atoms with Crippen LogP contribution in [-0.4, -0.2) is 0 Å². The van der Waals surface area contributed by atoms with Crippen LogP contribution in [0.2, 0.25) is 0 Å². The van der Waals surface area contributed by atoms with E-state index < -0.39 is 0 Å². The summed E-state index contributed by atoms with van der Waals surface area (Å²) in [5.41, 5.74) is 3.60. The topological polar surface area (TPSA) is 48.5 Å². The summed E-state index contributed by atoms with van der Waals surface area (Å²) >= 11 is 0. The van der Waals surface area contributed by atoms with Crippen molar-refractivity contribution in [2.45, 2.75) is 51.9 Å². The molecule has 0 spiro atoms. The second-order valence-electron chi connectivity index (χ2n) is 6.04. The number of rotatable bonds is 9. The van der Waals surface area contributed by atoms with E-state index in [1.807, 2.05) is 12.1 Å². The average Bonchev–Trinajstić information content (AvgIpc) is 2.64. The molecule has 0 aliphatic rings. The van der Waals surface area contributed by atoms with Crippen molar-refractivity contribution in [1.82, 2.24) is 0 Å². The van der Waals surface area contributed by atoms with Crippen LogP contribution < -0.4 is 0 Å². The van der Waals surface area contributed by atoms with Crippen LogP contribution in [0.25, 0.3) is 0 Å². The maximum absolute atomic E-state index is 8.77. The lowest BCUT2D eigenvalue weighted by atomic mass is 10.0. The molecule has 0 radical (unpaired) electrons. The fraction of sp³-hybridized carbons (Fsp3) is 0.381. The van der Waals surface area contributed by atoms with Gasteiger partial charge in [0, 0.05) is 0 Å². The zero-order valence-corrected chi connectivity index (χ0v) is 14.4. The molecule has 0 heterocycles. The lowest BCUT2D eigenvalue weighted by Crippen LogP contribution is -1.85. The van der Waals surface area contributed by atoms with E-state index in [1.165, 1.54) is 44.1 Å². The summed E-state index contributed by atoms with van der Waals surface area (Å²) in [6.07, 6.45) is 9.10. The summed E-state index contributed by atoms with van der Waals surface area (Å²) in [7, 11) is 0. The molecule has 0 aromatic heterocycles. The lowest BCUT2D eigenvalue weighted by Gasteiger charge is -2.02. The monoisotopic (exact) mass is 319 g/mol. The van der Waals surface area contributed by atoms with Gasteiger partial charge in [-0.25, -0.2) is 0 Å². The van der Waals surface area contributed by atoms with Crippen molar-refractivity contribution in [3.05, 3.63) is 59.7 Å². The predicted octanol–water partition coefficient (Wildman–Crippen LogP) is 6.88. The van der Waals surface area contributed by atoms with E-state index in [1.54, 1.807) is 24.3 Å². The SMILES string of the molecule is CCCCCCCCc1ccc(N=Nc2ccc(C#N)cc2)cc1. The largest absolute Gasteiger partial charge is 0.192 e. The predicted molar refractivity (Wildman–Crippen MR) is 98.9 cm³/mol. The molecule has 0 atom stereocenters. The summed E-state index contributed by atoms with van der Waals surface area (Å²) in [6.45, 7) is 2.25. The Kier molecular flexibility index (Phi) is 7.70. The van der Waals surface area contributed by atoms with Gasteiger partial charge >= 0.3 is 0 Å². The zero-order valence-electron chi connectivity index (χ0n) is 14.4. The van der Waals surface area contributed by atoms with E-state index >= 15 is 0 Å². The van der Waals surface area contributed by atoms with E-state index in [0.29, 0.717) is 5.56 Å². The molecule has 0 bridgehead atoms. The van der Waals surface area contributed by atoms with Crippen molar-refractivity contribution in [3.8, 4) is 6.07 Å². The smallest absolute Gasteiger partial charge is 0.0991 e. The van der Waals surface area contributed by atoms with Gasteiger partial charge in [-0.3, -0.25) is 0 Å². The molecule has 2 rings (SSSR count). The maximum Gasteiger partial charge on any atom is 0.0991 e. The van der Waals surface area contributed by atoms with Crippen LogP contribution in [0.15, 0.2) is 58.8 Å². The Morgan fingerprint density at radius 1 is 0.750 bits per heavy atom. The van der Waals surface area contributed by atoms with E-state index in [4.69, 9.17) is 5.26 Å². The molecule has 2 aromatic rings. The molecule has 3 nitrogen and oxygen atoms in total. The summed E-state index contributed by atoms with van der Waals surface area (Å²) in [5.74, 6) is 0. The Morgan fingerprint density at radius 2 is 1.29 bits per heavy atom. The molecule has 0 aliphatic heterocycles. The van der Waals surface area contributed by atoms with E-state index in [0.717, 1.165) is 17.8 Å². The van der Waals surface area contributed by atoms with E-state index in [-0.39, 0.29) is 0 Å². The number of unbranched alkanes of at least 4 members (excludes halogenated alkanes) is 5. The molecular weight excluding hydrogens is 294 g/mol. The minimum Gasteiger partial charge on any atom is -0.192 e. The molecule has 2 aromatic carbocycles. The fourth-order valence-corrected chi connectivity index (χ4v) is 2.56. The molecular formula is C21H25N3. The summed E-state index contributed by atoms with van der Waals surface area (Å²) in [5, 5.41) is 17.2. The van der Waals surface area contributed by atoms with Crippen LogP contribution in [-0.2, 0) is 6.42 Å². The molecule has 0 aliphatic carbocycles. The van der Waals surface area contributed by atoms with Crippen molar-refractivity contribution in [3.63, 3.8) is 0 Å². The number of hydrogen-bond donors (Lipinski definition) is 0. The first kappa shape index (κ1) is 17.9. The third-order valence-electron chi connectivity index (χ3n) is 4.03. The normalized spacial score (nSPS) is 10.8. The average molecular weight is 319 g/mol. The van der Waals surface area contributed by atoms with Crippen LogP contribution in [0, 0.1) is 11.3 Å². The highest BCUT2D eigenvalue weighted by atomic mass is 15.1. The quantitative estimate of drug-likeness (QED) is 0.367. The lowest BCUT2D eigenvalue weighted by molar-refractivity contribution is 0.607. The Balaban J connectivity index is 1.78. The fourth-order valence-electron chi connectivity index (χ4n) is 2.56. The van der Waals surface area contributed by atoms with Crippen LogP contribution >= 0.6 is 0 Å². The first-order valence-electron chi connectivity index (χ1n) is 8.82. The van der Waals surface area contributed by atoms with Crippen molar-refractivity contribution >= 4 is 11.4 Å². The third-order valence-corrected chi connectivity index (χ3v) is 4.03. The minimum atomic E-state index is 0.632. The number of aryl methyl sites for hydroxylation is 1. The number of hydrogen-bond acceptors (Lipinski definition) is 3. The van der Waals surface area contributed by atoms with Crippen LogP contribution in [0.4, 0.5) is 11.4 Å². The van der Waals surface area contributed by atoms with Gasteiger partial charge in [0.25, 0.3) is 0 Å². The van der Waals surface area contributed by atoms with Gasteiger partial charge in [-0.05, 0) is 54.8 Å². The van der Waals surface area contributed by atoms with Gasteiger partial charge in [0.2, 0.25) is 0 Å². The van der Waals surface area contributed by atoms with Crippen LogP contribution in [0.1, 0.15) is 56.6 Å². The Hall–Kier alpha value is -2.47. The molecule has 0 unspecified atom stereocenters. The molecule has 0 saturated heterocycles. The summed E-state index contributed by atoms with van der Waals surface area (Å²) < 4.78 is 0.